The van der Waals surface area contributed by atoms with E-state index in [-0.39, 0.29) is 5.92 Å². The summed E-state index contributed by atoms with van der Waals surface area (Å²) in [5.41, 5.74) is 10.9. The molecular formula is C50H30. The molecule has 0 aromatic heterocycles. The molecule has 230 valence electrons. The minimum Gasteiger partial charge on any atom is -0.0619 e. The summed E-state index contributed by atoms with van der Waals surface area (Å²) in [7, 11) is 0. The fourth-order valence-electron chi connectivity index (χ4n) is 9.77. The Morgan fingerprint density at radius 1 is 0.360 bits per heavy atom. The van der Waals surface area contributed by atoms with Crippen LogP contribution in [-0.4, -0.2) is 0 Å². The molecule has 0 amide bonds. The van der Waals surface area contributed by atoms with Gasteiger partial charge in [-0.05, 0) is 127 Å². The highest BCUT2D eigenvalue weighted by molar-refractivity contribution is 6.28. The van der Waals surface area contributed by atoms with Crippen LogP contribution in [0, 0.1) is 0 Å². The van der Waals surface area contributed by atoms with Crippen molar-refractivity contribution in [3.63, 3.8) is 0 Å². The van der Waals surface area contributed by atoms with Crippen molar-refractivity contribution in [2.24, 2.45) is 0 Å². The maximum atomic E-state index is 2.51. The van der Waals surface area contributed by atoms with Gasteiger partial charge in [-0.15, -0.1) is 0 Å². The number of hydrogen-bond donors (Lipinski definition) is 0. The summed E-state index contributed by atoms with van der Waals surface area (Å²) in [5, 5.41) is 15.9. The first-order valence-corrected chi connectivity index (χ1v) is 17.7. The number of benzene rings is 9. The quantitative estimate of drug-likeness (QED) is 0.158. The van der Waals surface area contributed by atoms with Crippen LogP contribution in [0.15, 0.2) is 169 Å². The monoisotopic (exact) mass is 630 g/mol. The summed E-state index contributed by atoms with van der Waals surface area (Å²) in [5.74, 6) is 0.552. The summed E-state index contributed by atoms with van der Waals surface area (Å²) in [4.78, 5) is 0. The van der Waals surface area contributed by atoms with Gasteiger partial charge in [0.1, 0.15) is 0 Å². The Morgan fingerprint density at radius 3 is 1.96 bits per heavy atom. The number of allylic oxidation sites excluding steroid dienone is 6. The van der Waals surface area contributed by atoms with Crippen LogP contribution in [0.2, 0.25) is 0 Å². The van der Waals surface area contributed by atoms with Crippen molar-refractivity contribution in [1.82, 2.24) is 0 Å². The van der Waals surface area contributed by atoms with Gasteiger partial charge in [0.2, 0.25) is 0 Å². The Morgan fingerprint density at radius 2 is 1.04 bits per heavy atom. The van der Waals surface area contributed by atoms with Gasteiger partial charge in [0.05, 0.1) is 0 Å². The topological polar surface area (TPSA) is 0 Å². The molecule has 0 N–H and O–H groups in total. The predicted octanol–water partition coefficient (Wildman–Crippen LogP) is 13.5. The molecule has 9 aromatic rings. The van der Waals surface area contributed by atoms with E-state index in [0.29, 0.717) is 5.92 Å². The van der Waals surface area contributed by atoms with E-state index >= 15 is 0 Å². The van der Waals surface area contributed by atoms with Crippen molar-refractivity contribution < 1.29 is 0 Å². The van der Waals surface area contributed by atoms with E-state index in [4.69, 9.17) is 0 Å². The van der Waals surface area contributed by atoms with Gasteiger partial charge in [-0.1, -0.05) is 152 Å². The first kappa shape index (κ1) is 26.7. The second-order valence-electron chi connectivity index (χ2n) is 14.4. The molecule has 3 aliphatic rings. The lowest BCUT2D eigenvalue weighted by molar-refractivity contribution is 0.679. The maximum absolute atomic E-state index is 2.51. The molecule has 0 heterocycles. The summed E-state index contributed by atoms with van der Waals surface area (Å²) in [6.07, 6.45) is 14.1. The zero-order chi connectivity index (χ0) is 32.5. The molecule has 0 saturated heterocycles. The summed E-state index contributed by atoms with van der Waals surface area (Å²) < 4.78 is 0. The van der Waals surface area contributed by atoms with Crippen LogP contribution in [0.5, 0.6) is 0 Å². The third-order valence-corrected chi connectivity index (χ3v) is 11.9. The van der Waals surface area contributed by atoms with Gasteiger partial charge in [0.25, 0.3) is 0 Å². The van der Waals surface area contributed by atoms with E-state index in [1.165, 1.54) is 109 Å². The summed E-state index contributed by atoms with van der Waals surface area (Å²) >= 11 is 0. The minimum absolute atomic E-state index is 0.259. The van der Waals surface area contributed by atoms with E-state index in [9.17, 15) is 0 Å². The van der Waals surface area contributed by atoms with Gasteiger partial charge >= 0.3 is 0 Å². The normalized spacial score (nSPS) is 17.7. The molecular weight excluding hydrogens is 601 g/mol. The lowest BCUT2D eigenvalue weighted by Crippen LogP contribution is -2.22. The molecule has 2 unspecified atom stereocenters. The van der Waals surface area contributed by atoms with E-state index in [2.05, 4.69) is 170 Å². The lowest BCUT2D eigenvalue weighted by atomic mass is 9.64. The highest BCUT2D eigenvalue weighted by Gasteiger charge is 2.37. The lowest BCUT2D eigenvalue weighted by Gasteiger charge is -2.39. The zero-order valence-electron chi connectivity index (χ0n) is 27.3. The fourth-order valence-corrected chi connectivity index (χ4v) is 9.77. The molecule has 2 atom stereocenters. The van der Waals surface area contributed by atoms with Gasteiger partial charge in [0, 0.05) is 11.8 Å². The second kappa shape index (κ2) is 9.68. The van der Waals surface area contributed by atoms with E-state index < -0.39 is 0 Å². The highest BCUT2D eigenvalue weighted by atomic mass is 14.4. The molecule has 0 aliphatic heterocycles. The first-order chi connectivity index (χ1) is 24.8. The summed E-state index contributed by atoms with van der Waals surface area (Å²) in [6.45, 7) is 0. The SMILES string of the molecule is C1=Cc2ccccc2C2C1=CC=C1C=Cc3cc4c(-c5ccc6ccc7ccc8ccccc8c7c6c5)cc5cccc6ccc(c3C12)c4c65. The van der Waals surface area contributed by atoms with Crippen LogP contribution >= 0.6 is 0 Å². The largest absolute Gasteiger partial charge is 0.0619 e. The van der Waals surface area contributed by atoms with Crippen LogP contribution < -0.4 is 0 Å². The molecule has 50 heavy (non-hydrogen) atoms. The standard InChI is InChI=1S/C50H30/c1-3-10-39-29(6-1)12-16-33-17-14-31-15-22-36(26-43(31)46(33)39)42-27-37-9-5-8-32-24-25-41-48-38(28-44(42)50(41)45(32)37)23-21-35-20-19-34-18-13-30-7-2-4-11-40(30)47(34)49(35)48/h1-28,47,49H. The first-order valence-electron chi connectivity index (χ1n) is 17.7. The van der Waals surface area contributed by atoms with Crippen molar-refractivity contribution in [3.05, 3.63) is 191 Å². The Hall–Kier alpha value is -6.24. The van der Waals surface area contributed by atoms with Gasteiger partial charge in [0.15, 0.2) is 0 Å². The molecule has 0 fully saturated rings. The third kappa shape index (κ3) is 3.50. The molecule has 9 aromatic carbocycles. The zero-order valence-corrected chi connectivity index (χ0v) is 27.3. The smallest absolute Gasteiger partial charge is 0.0211 e. The molecule has 12 rings (SSSR count). The molecule has 0 heteroatoms. The van der Waals surface area contributed by atoms with Crippen LogP contribution in [-0.2, 0) is 0 Å². The fraction of sp³-hybridized carbons (Fsp3) is 0.0400. The Bertz CT molecular complexity index is 3080. The second-order valence-corrected chi connectivity index (χ2v) is 14.4. The molecule has 0 nitrogen and oxygen atoms in total. The Kier molecular flexibility index (Phi) is 5.17. The van der Waals surface area contributed by atoms with Crippen LogP contribution in [0.1, 0.15) is 34.1 Å². The maximum Gasteiger partial charge on any atom is 0.0211 e. The van der Waals surface area contributed by atoms with E-state index in [1.807, 2.05) is 0 Å². The molecule has 0 bridgehead atoms. The van der Waals surface area contributed by atoms with Crippen molar-refractivity contribution in [2.45, 2.75) is 11.8 Å². The van der Waals surface area contributed by atoms with Crippen LogP contribution in [0.3, 0.4) is 0 Å². The van der Waals surface area contributed by atoms with Gasteiger partial charge in [-0.2, -0.15) is 0 Å². The number of fused-ring (bicyclic) bond motifs is 13. The molecule has 0 saturated carbocycles. The predicted molar refractivity (Wildman–Crippen MR) is 214 cm³/mol. The highest BCUT2D eigenvalue weighted by Crippen LogP contribution is 2.55. The Labute approximate surface area is 289 Å². The van der Waals surface area contributed by atoms with Gasteiger partial charge in [-0.25, -0.2) is 0 Å². The summed E-state index contributed by atoms with van der Waals surface area (Å²) in [6, 6.07) is 50.5. The molecule has 0 spiro atoms. The van der Waals surface area contributed by atoms with Crippen molar-refractivity contribution in [2.75, 3.05) is 0 Å². The number of rotatable bonds is 1. The molecule has 0 radical (unpaired) electrons. The van der Waals surface area contributed by atoms with Gasteiger partial charge < -0.3 is 0 Å². The third-order valence-electron chi connectivity index (χ3n) is 11.9. The average molecular weight is 631 g/mol. The Balaban J connectivity index is 1.17. The molecule has 3 aliphatic carbocycles. The minimum atomic E-state index is 0.259. The van der Waals surface area contributed by atoms with Crippen LogP contribution in [0.4, 0.5) is 0 Å². The van der Waals surface area contributed by atoms with Crippen molar-refractivity contribution >= 4 is 76.8 Å². The van der Waals surface area contributed by atoms with Crippen LogP contribution in [0.25, 0.3) is 87.9 Å². The van der Waals surface area contributed by atoms with Gasteiger partial charge in [-0.3, -0.25) is 0 Å². The number of hydrogen-bond acceptors (Lipinski definition) is 0. The van der Waals surface area contributed by atoms with E-state index in [1.54, 1.807) is 0 Å². The van der Waals surface area contributed by atoms with Crippen molar-refractivity contribution in [3.8, 4) is 11.1 Å². The van der Waals surface area contributed by atoms with Crippen molar-refractivity contribution in [1.29, 1.82) is 0 Å². The average Bonchev–Trinajstić information content (AvgIpc) is 3.18. The van der Waals surface area contributed by atoms with E-state index in [0.717, 1.165) is 0 Å².